The molecule has 11 nitrogen and oxygen atoms in total. The third-order valence-corrected chi connectivity index (χ3v) is 8.23. The number of primary amides is 1. The summed E-state index contributed by atoms with van der Waals surface area (Å²) in [5.41, 5.74) is 3.73. The minimum atomic E-state index is -2.66. The quantitative estimate of drug-likeness (QED) is 0.279. The summed E-state index contributed by atoms with van der Waals surface area (Å²) in [6.45, 7) is 7.21. The van der Waals surface area contributed by atoms with Gasteiger partial charge in [-0.3, -0.25) is 19.3 Å². The van der Waals surface area contributed by atoms with Gasteiger partial charge in [-0.1, -0.05) is 20.8 Å². The molecular formula is C29H40N4O7. The lowest BCUT2D eigenvalue weighted by molar-refractivity contribution is -0.153. The number of amides is 1. The number of anilines is 1. The van der Waals surface area contributed by atoms with Crippen LogP contribution in [0.15, 0.2) is 23.0 Å². The number of phenols is 1. The predicted molar refractivity (Wildman–Crippen MR) is 150 cm³/mol. The lowest BCUT2D eigenvalue weighted by Crippen LogP contribution is -2.65. The summed E-state index contributed by atoms with van der Waals surface area (Å²) in [4.78, 5) is 42.8. The maximum absolute atomic E-state index is 14.0. The first-order chi connectivity index (χ1) is 18.4. The molecule has 1 amide bonds. The second-order valence-electron chi connectivity index (χ2n) is 12.8. The molecule has 0 spiro atoms. The van der Waals surface area contributed by atoms with E-state index in [9.17, 15) is 34.8 Å². The van der Waals surface area contributed by atoms with Gasteiger partial charge in [-0.15, -0.1) is 0 Å². The molecule has 3 unspecified atom stereocenters. The van der Waals surface area contributed by atoms with Gasteiger partial charge in [0.1, 0.15) is 22.8 Å². The van der Waals surface area contributed by atoms with Gasteiger partial charge in [0.25, 0.3) is 5.91 Å². The molecule has 7 N–H and O–H groups in total. The predicted octanol–water partition coefficient (Wildman–Crippen LogP) is 1.17. The van der Waals surface area contributed by atoms with Crippen molar-refractivity contribution >= 4 is 28.9 Å². The number of aliphatic hydroxyl groups excluding tert-OH is 2. The van der Waals surface area contributed by atoms with Crippen LogP contribution in [0.5, 0.6) is 5.75 Å². The SMILES string of the molecule is CN(C)c1cc(CNCC(C)(C)C)c(O)c2c1CC1CC3[C@H](N(C)C)C(=O)C(C(N)=O)=C(O)C3(O)C(=O)C1=C2O. The van der Waals surface area contributed by atoms with E-state index in [-0.39, 0.29) is 35.1 Å². The molecular weight excluding hydrogens is 516 g/mol. The number of hydrogen-bond donors (Lipinski definition) is 6. The van der Waals surface area contributed by atoms with Crippen molar-refractivity contribution < 1.29 is 34.8 Å². The van der Waals surface area contributed by atoms with E-state index >= 15 is 0 Å². The number of Topliss-reactive ketones (excluding diaryl/α,β-unsaturated/α-hetero) is 2. The Morgan fingerprint density at radius 3 is 2.30 bits per heavy atom. The van der Waals surface area contributed by atoms with Crippen molar-refractivity contribution in [3.8, 4) is 5.75 Å². The number of nitrogens with zero attached hydrogens (tertiary/aromatic N) is 2. The van der Waals surface area contributed by atoms with E-state index in [1.165, 1.54) is 4.90 Å². The smallest absolute Gasteiger partial charge is 0.255 e. The fourth-order valence-corrected chi connectivity index (χ4v) is 6.45. The van der Waals surface area contributed by atoms with Crippen LogP contribution in [0.1, 0.15) is 43.9 Å². The van der Waals surface area contributed by atoms with Crippen LogP contribution in [-0.2, 0) is 27.3 Å². The average Bonchev–Trinajstić information content (AvgIpc) is 2.81. The molecule has 4 atom stereocenters. The van der Waals surface area contributed by atoms with Crippen LogP contribution in [0, 0.1) is 17.3 Å². The van der Waals surface area contributed by atoms with E-state index < -0.39 is 58.0 Å². The lowest BCUT2D eigenvalue weighted by Gasteiger charge is -2.50. The zero-order valence-electron chi connectivity index (χ0n) is 24.1. The molecule has 40 heavy (non-hydrogen) atoms. The van der Waals surface area contributed by atoms with Gasteiger partial charge in [0.2, 0.25) is 5.78 Å². The topological polar surface area (TPSA) is 177 Å². The zero-order valence-corrected chi connectivity index (χ0v) is 24.1. The van der Waals surface area contributed by atoms with E-state index in [0.29, 0.717) is 24.2 Å². The highest BCUT2D eigenvalue weighted by Crippen LogP contribution is 2.54. The molecule has 218 valence electrons. The van der Waals surface area contributed by atoms with Gasteiger partial charge >= 0.3 is 0 Å². The summed E-state index contributed by atoms with van der Waals surface area (Å²) >= 11 is 0. The number of nitrogens with two attached hydrogens (primary N) is 1. The molecule has 0 heterocycles. The lowest BCUT2D eigenvalue weighted by atomic mass is 9.57. The first-order valence-corrected chi connectivity index (χ1v) is 13.3. The van der Waals surface area contributed by atoms with E-state index in [1.54, 1.807) is 14.1 Å². The van der Waals surface area contributed by atoms with Crippen LogP contribution in [0.3, 0.4) is 0 Å². The first kappa shape index (κ1) is 29.6. The van der Waals surface area contributed by atoms with Crippen molar-refractivity contribution in [1.82, 2.24) is 10.2 Å². The summed E-state index contributed by atoms with van der Waals surface area (Å²) in [5.74, 6) is -6.55. The first-order valence-electron chi connectivity index (χ1n) is 13.3. The zero-order chi connectivity index (χ0) is 30.1. The monoisotopic (exact) mass is 556 g/mol. The van der Waals surface area contributed by atoms with E-state index in [0.717, 1.165) is 5.69 Å². The van der Waals surface area contributed by atoms with Gasteiger partial charge < -0.3 is 36.4 Å². The van der Waals surface area contributed by atoms with Crippen LogP contribution < -0.4 is 16.0 Å². The van der Waals surface area contributed by atoms with Crippen LogP contribution in [0.4, 0.5) is 5.69 Å². The summed E-state index contributed by atoms with van der Waals surface area (Å²) in [6.07, 6.45) is 0.291. The number of aliphatic hydroxyl groups is 3. The fourth-order valence-electron chi connectivity index (χ4n) is 6.45. The van der Waals surface area contributed by atoms with Gasteiger partial charge in [0, 0.05) is 49.9 Å². The standard InChI is InChI=1S/C29H40N4O7/c1-28(2,3)12-31-11-14-10-17(32(4)5)15-8-13-9-16-21(33(6)7)24(36)20(27(30)39)26(38)29(16,40)25(37)18(13)23(35)19(15)22(14)34/h10,13,16,21,31,34-35,38,40H,8-9,11-12H2,1-7H3,(H2,30,39)/t13?,16?,21-,29?/m0/s1. The Morgan fingerprint density at radius 1 is 1.15 bits per heavy atom. The van der Waals surface area contributed by atoms with Crippen molar-refractivity contribution in [3.63, 3.8) is 0 Å². The maximum atomic E-state index is 14.0. The largest absolute Gasteiger partial charge is 0.508 e. The summed E-state index contributed by atoms with van der Waals surface area (Å²) in [7, 11) is 6.84. The van der Waals surface area contributed by atoms with Crippen LogP contribution in [0.25, 0.3) is 5.76 Å². The molecule has 3 aliphatic carbocycles. The number of phenolic OH excluding ortho intramolecular Hbond substituents is 1. The summed E-state index contributed by atoms with van der Waals surface area (Å²) < 4.78 is 0. The molecule has 0 saturated heterocycles. The molecule has 1 fully saturated rings. The summed E-state index contributed by atoms with van der Waals surface area (Å²) in [6, 6.07) is 0.735. The van der Waals surface area contributed by atoms with E-state index in [4.69, 9.17) is 5.73 Å². The van der Waals surface area contributed by atoms with Crippen LogP contribution in [-0.4, -0.2) is 89.2 Å². The van der Waals surface area contributed by atoms with Crippen molar-refractivity contribution in [1.29, 1.82) is 0 Å². The molecule has 1 aromatic rings. The molecule has 0 aliphatic heterocycles. The minimum Gasteiger partial charge on any atom is -0.508 e. The van der Waals surface area contributed by atoms with E-state index in [2.05, 4.69) is 26.1 Å². The Kier molecular flexibility index (Phi) is 7.32. The maximum Gasteiger partial charge on any atom is 0.255 e. The van der Waals surface area contributed by atoms with Crippen molar-refractivity contribution in [2.75, 3.05) is 39.6 Å². The van der Waals surface area contributed by atoms with Gasteiger partial charge in [-0.25, -0.2) is 0 Å². The number of carbonyl (C=O) groups is 3. The molecule has 4 rings (SSSR count). The molecule has 3 aliphatic rings. The molecule has 0 bridgehead atoms. The highest BCUT2D eigenvalue weighted by Gasteiger charge is 2.64. The van der Waals surface area contributed by atoms with Gasteiger partial charge in [0.05, 0.1) is 11.6 Å². The number of nitrogens with one attached hydrogen (secondary N) is 1. The molecule has 1 aromatic carbocycles. The Morgan fingerprint density at radius 2 is 1.77 bits per heavy atom. The molecule has 0 aromatic heterocycles. The number of rotatable bonds is 6. The van der Waals surface area contributed by atoms with Gasteiger partial charge in [0.15, 0.2) is 11.4 Å². The molecule has 0 radical (unpaired) electrons. The second-order valence-corrected chi connectivity index (χ2v) is 12.8. The Hall–Kier alpha value is -3.41. The minimum absolute atomic E-state index is 0.00285. The Balaban J connectivity index is 1.91. The highest BCUT2D eigenvalue weighted by molar-refractivity contribution is 6.24. The van der Waals surface area contributed by atoms with Gasteiger partial charge in [-0.05, 0) is 49.9 Å². The fraction of sp³-hybridized carbons (Fsp3) is 0.552. The van der Waals surface area contributed by atoms with Crippen molar-refractivity contribution in [2.24, 2.45) is 23.0 Å². The van der Waals surface area contributed by atoms with E-state index in [1.807, 2.05) is 25.1 Å². The molecule has 11 heteroatoms. The number of carbonyl (C=O) groups excluding carboxylic acids is 3. The second kappa shape index (κ2) is 9.90. The number of benzene rings is 1. The Bertz CT molecular complexity index is 1350. The highest BCUT2D eigenvalue weighted by atomic mass is 16.3. The number of fused-ring (bicyclic) bond motifs is 3. The van der Waals surface area contributed by atoms with Crippen molar-refractivity contribution in [2.45, 2.75) is 51.8 Å². The van der Waals surface area contributed by atoms with Crippen LogP contribution >= 0.6 is 0 Å². The number of aromatic hydroxyl groups is 1. The number of hydrogen-bond acceptors (Lipinski definition) is 10. The van der Waals surface area contributed by atoms with Crippen LogP contribution in [0.2, 0.25) is 0 Å². The number of ketones is 2. The number of likely N-dealkylation sites (N-methyl/N-ethyl adjacent to an activating group) is 1. The summed E-state index contributed by atoms with van der Waals surface area (Å²) in [5, 5.41) is 49.0. The molecule has 1 saturated carbocycles. The Labute approximate surface area is 233 Å². The van der Waals surface area contributed by atoms with Gasteiger partial charge in [-0.2, -0.15) is 0 Å². The average molecular weight is 557 g/mol. The van der Waals surface area contributed by atoms with Crippen molar-refractivity contribution in [3.05, 3.63) is 39.7 Å². The normalized spacial score (nSPS) is 26.6. The third kappa shape index (κ3) is 4.46. The third-order valence-electron chi connectivity index (χ3n) is 8.23.